The lowest BCUT2D eigenvalue weighted by Crippen LogP contribution is -2.33. The summed E-state index contributed by atoms with van der Waals surface area (Å²) in [4.78, 5) is 0. The summed E-state index contributed by atoms with van der Waals surface area (Å²) in [5, 5.41) is 0.508. The predicted octanol–water partition coefficient (Wildman–Crippen LogP) is 2.00. The fraction of sp³-hybridized carbons (Fsp3) is 1.00. The molecule has 1 aliphatic carbocycles. The van der Waals surface area contributed by atoms with Crippen LogP contribution in [0.5, 0.6) is 0 Å². The minimum Gasteiger partial charge on any atom is -0.0818 e. The Hall–Kier alpha value is 0.130. The van der Waals surface area contributed by atoms with Crippen molar-refractivity contribution in [3.8, 4) is 0 Å². The standard InChI is InChI=1S/C11H24B2/c1-4-6-11(10(3,12)13)7-5-9(2)8-11/h9H,4-8,12-13H2,1-3H3. The first-order valence-corrected chi connectivity index (χ1v) is 5.91. The van der Waals surface area contributed by atoms with E-state index in [0.717, 1.165) is 5.92 Å². The molecule has 1 rings (SSSR count). The molecule has 0 aliphatic heterocycles. The summed E-state index contributed by atoms with van der Waals surface area (Å²) >= 11 is 0. The molecule has 74 valence electrons. The summed E-state index contributed by atoms with van der Waals surface area (Å²) in [6.07, 6.45) is 7.16. The van der Waals surface area contributed by atoms with Crippen LogP contribution in [0, 0.1) is 11.3 Å². The lowest BCUT2D eigenvalue weighted by molar-refractivity contribution is 0.225. The van der Waals surface area contributed by atoms with Gasteiger partial charge in [-0.25, -0.2) is 0 Å². The molecule has 0 radical (unpaired) electrons. The van der Waals surface area contributed by atoms with E-state index in [4.69, 9.17) is 0 Å². The third kappa shape index (κ3) is 2.14. The summed E-state index contributed by atoms with van der Waals surface area (Å²) < 4.78 is 0. The molecule has 2 heteroatoms. The van der Waals surface area contributed by atoms with Gasteiger partial charge in [0.1, 0.15) is 0 Å². The van der Waals surface area contributed by atoms with Gasteiger partial charge in [0, 0.05) is 0 Å². The molecular weight excluding hydrogens is 154 g/mol. The molecule has 1 fully saturated rings. The van der Waals surface area contributed by atoms with Gasteiger partial charge in [-0.2, -0.15) is 0 Å². The molecule has 2 atom stereocenters. The lowest BCUT2D eigenvalue weighted by atomic mass is 9.41. The second-order valence-corrected chi connectivity index (χ2v) is 6.13. The SMILES string of the molecule is BC(B)(C)C1(CCC)CCC(C)C1. The summed E-state index contributed by atoms with van der Waals surface area (Å²) in [5.74, 6) is 0.964. The zero-order chi connectivity index (χ0) is 10.1. The van der Waals surface area contributed by atoms with Gasteiger partial charge in [0.2, 0.25) is 0 Å². The Morgan fingerprint density at radius 2 is 2.08 bits per heavy atom. The van der Waals surface area contributed by atoms with Crippen LogP contribution in [-0.4, -0.2) is 15.7 Å². The summed E-state index contributed by atoms with van der Waals surface area (Å²) in [7, 11) is 4.86. The monoisotopic (exact) mass is 178 g/mol. The van der Waals surface area contributed by atoms with Crippen LogP contribution in [0.25, 0.3) is 0 Å². The van der Waals surface area contributed by atoms with Crippen molar-refractivity contribution in [2.45, 2.75) is 58.1 Å². The molecule has 0 N–H and O–H groups in total. The van der Waals surface area contributed by atoms with Gasteiger partial charge in [0.05, 0.1) is 15.7 Å². The van der Waals surface area contributed by atoms with Gasteiger partial charge in [0.15, 0.2) is 0 Å². The van der Waals surface area contributed by atoms with E-state index in [-0.39, 0.29) is 0 Å². The maximum atomic E-state index is 2.43. The van der Waals surface area contributed by atoms with Crippen LogP contribution in [0.2, 0.25) is 5.21 Å². The van der Waals surface area contributed by atoms with Crippen LogP contribution in [0.1, 0.15) is 52.9 Å². The molecule has 0 nitrogen and oxygen atoms in total. The Bertz CT molecular complexity index is 167. The third-order valence-corrected chi connectivity index (χ3v) is 4.17. The molecule has 0 aromatic rings. The quantitative estimate of drug-likeness (QED) is 0.579. The second-order valence-electron chi connectivity index (χ2n) is 6.13. The minimum absolute atomic E-state index is 0.508. The van der Waals surface area contributed by atoms with Crippen molar-refractivity contribution in [1.29, 1.82) is 0 Å². The van der Waals surface area contributed by atoms with Crippen LogP contribution in [0.3, 0.4) is 0 Å². The van der Waals surface area contributed by atoms with Crippen LogP contribution < -0.4 is 0 Å². The molecule has 0 saturated heterocycles. The average molecular weight is 178 g/mol. The fourth-order valence-corrected chi connectivity index (χ4v) is 3.16. The van der Waals surface area contributed by atoms with E-state index in [0.29, 0.717) is 10.6 Å². The minimum atomic E-state index is 0.508. The molecule has 0 aromatic carbocycles. The van der Waals surface area contributed by atoms with Gasteiger partial charge >= 0.3 is 0 Å². The molecule has 1 saturated carbocycles. The van der Waals surface area contributed by atoms with E-state index in [1.165, 1.54) is 32.1 Å². The maximum absolute atomic E-state index is 2.43. The van der Waals surface area contributed by atoms with Gasteiger partial charge < -0.3 is 0 Å². The lowest BCUT2D eigenvalue weighted by Gasteiger charge is -2.43. The summed E-state index contributed by atoms with van der Waals surface area (Å²) in [5.41, 5.74) is 0.654. The van der Waals surface area contributed by atoms with Crippen molar-refractivity contribution in [2.24, 2.45) is 11.3 Å². The normalized spacial score (nSPS) is 35.2. The van der Waals surface area contributed by atoms with E-state index < -0.39 is 0 Å². The van der Waals surface area contributed by atoms with Crippen molar-refractivity contribution in [3.63, 3.8) is 0 Å². The molecular formula is C11H24B2. The smallest absolute Gasteiger partial charge is 0.0818 e. The molecule has 2 unspecified atom stereocenters. The second kappa shape index (κ2) is 3.71. The Morgan fingerprint density at radius 3 is 2.38 bits per heavy atom. The molecule has 0 heterocycles. The van der Waals surface area contributed by atoms with E-state index >= 15 is 0 Å². The molecule has 0 amide bonds. The number of rotatable bonds is 3. The van der Waals surface area contributed by atoms with Crippen molar-refractivity contribution in [1.82, 2.24) is 0 Å². The van der Waals surface area contributed by atoms with Crippen LogP contribution >= 0.6 is 0 Å². The average Bonchev–Trinajstić information content (AvgIpc) is 2.32. The third-order valence-electron chi connectivity index (χ3n) is 4.17. The zero-order valence-electron chi connectivity index (χ0n) is 10.1. The highest BCUT2D eigenvalue weighted by molar-refractivity contribution is 6.40. The number of hydrogen-bond donors (Lipinski definition) is 0. The Balaban J connectivity index is 2.77. The van der Waals surface area contributed by atoms with Crippen molar-refractivity contribution < 1.29 is 0 Å². The zero-order valence-corrected chi connectivity index (χ0v) is 10.1. The molecule has 1 aliphatic rings. The highest BCUT2D eigenvalue weighted by Gasteiger charge is 2.44. The fourth-order valence-electron chi connectivity index (χ4n) is 3.16. The van der Waals surface area contributed by atoms with Gasteiger partial charge in [-0.3, -0.25) is 0 Å². The van der Waals surface area contributed by atoms with Gasteiger partial charge in [-0.05, 0) is 30.6 Å². The molecule has 0 aromatic heterocycles. The van der Waals surface area contributed by atoms with E-state index in [1.54, 1.807) is 0 Å². The van der Waals surface area contributed by atoms with Crippen molar-refractivity contribution >= 4 is 15.7 Å². The van der Waals surface area contributed by atoms with Crippen molar-refractivity contribution in [3.05, 3.63) is 0 Å². The highest BCUT2D eigenvalue weighted by atomic mass is 14.5. The molecule has 13 heavy (non-hydrogen) atoms. The summed E-state index contributed by atoms with van der Waals surface area (Å²) in [6.45, 7) is 7.18. The number of hydrogen-bond acceptors (Lipinski definition) is 0. The van der Waals surface area contributed by atoms with Gasteiger partial charge in [0.25, 0.3) is 0 Å². The Morgan fingerprint density at radius 1 is 1.46 bits per heavy atom. The first-order valence-electron chi connectivity index (χ1n) is 5.91. The Labute approximate surface area is 85.7 Å². The highest BCUT2D eigenvalue weighted by Crippen LogP contribution is 2.56. The van der Waals surface area contributed by atoms with Crippen molar-refractivity contribution in [2.75, 3.05) is 0 Å². The van der Waals surface area contributed by atoms with Gasteiger partial charge in [-0.15, -0.1) is 0 Å². The Kier molecular flexibility index (Phi) is 3.20. The molecule has 0 spiro atoms. The van der Waals surface area contributed by atoms with Crippen LogP contribution in [0.15, 0.2) is 0 Å². The van der Waals surface area contributed by atoms with Crippen LogP contribution in [-0.2, 0) is 0 Å². The maximum Gasteiger partial charge on any atom is 0.0995 e. The van der Waals surface area contributed by atoms with Gasteiger partial charge in [-0.1, -0.05) is 38.8 Å². The largest absolute Gasteiger partial charge is 0.0995 e. The topological polar surface area (TPSA) is 0 Å². The predicted molar refractivity (Wildman–Crippen MR) is 65.8 cm³/mol. The van der Waals surface area contributed by atoms with Crippen LogP contribution in [0.4, 0.5) is 0 Å². The molecule has 0 bridgehead atoms. The first kappa shape index (κ1) is 11.2. The van der Waals surface area contributed by atoms with E-state index in [2.05, 4.69) is 36.5 Å². The summed E-state index contributed by atoms with van der Waals surface area (Å²) in [6, 6.07) is 0. The van der Waals surface area contributed by atoms with E-state index in [9.17, 15) is 0 Å². The first-order chi connectivity index (χ1) is 5.91. The van der Waals surface area contributed by atoms with E-state index in [1.807, 2.05) is 0 Å².